The van der Waals surface area contributed by atoms with Gasteiger partial charge in [-0.3, -0.25) is 0 Å². The highest BCUT2D eigenvalue weighted by atomic mass is 16.5. The maximum absolute atomic E-state index is 8.43. The van der Waals surface area contributed by atoms with Gasteiger partial charge in [0.15, 0.2) is 0 Å². The summed E-state index contributed by atoms with van der Waals surface area (Å²) in [5, 5.41) is 15.2. The van der Waals surface area contributed by atoms with Crippen LogP contribution in [0.4, 0.5) is 0 Å². The van der Waals surface area contributed by atoms with Gasteiger partial charge in [-0.2, -0.15) is 0 Å². The van der Waals surface area contributed by atoms with Crippen LogP contribution in [0.1, 0.15) is 12.2 Å². The van der Waals surface area contributed by atoms with E-state index in [1.807, 2.05) is 0 Å². The van der Waals surface area contributed by atoms with E-state index in [2.05, 4.69) is 15.2 Å². The van der Waals surface area contributed by atoms with Gasteiger partial charge in [0.2, 0.25) is 11.7 Å². The van der Waals surface area contributed by atoms with Gasteiger partial charge in [-0.15, -0.1) is 5.10 Å². The molecule has 1 heterocycles. The highest BCUT2D eigenvalue weighted by molar-refractivity contribution is 5.93. The number of nitrogens with two attached hydrogens (primary N) is 1. The summed E-state index contributed by atoms with van der Waals surface area (Å²) in [7, 11) is 1.66. The molecule has 0 aliphatic rings. The average molecular weight is 243 g/mol. The van der Waals surface area contributed by atoms with Gasteiger partial charge in [-0.05, 0) is 6.42 Å². The van der Waals surface area contributed by atoms with Gasteiger partial charge in [0.1, 0.15) is 6.33 Å². The van der Waals surface area contributed by atoms with E-state index in [0.29, 0.717) is 26.4 Å². The van der Waals surface area contributed by atoms with E-state index < -0.39 is 0 Å². The van der Waals surface area contributed by atoms with Gasteiger partial charge >= 0.3 is 0 Å². The van der Waals surface area contributed by atoms with E-state index in [1.54, 1.807) is 11.8 Å². The first-order valence-corrected chi connectivity index (χ1v) is 5.22. The second-order valence-corrected chi connectivity index (χ2v) is 3.28. The highest BCUT2D eigenvalue weighted by Gasteiger charge is 2.05. The van der Waals surface area contributed by atoms with Crippen molar-refractivity contribution in [2.45, 2.75) is 13.0 Å². The number of aromatic nitrogens is 3. The molecule has 8 heteroatoms. The van der Waals surface area contributed by atoms with Gasteiger partial charge in [-0.1, -0.05) is 5.16 Å². The Balaban J connectivity index is 2.21. The maximum atomic E-state index is 8.43. The molecule has 0 fully saturated rings. The molecule has 0 aliphatic carbocycles. The van der Waals surface area contributed by atoms with Crippen LogP contribution < -0.4 is 5.73 Å². The average Bonchev–Trinajstić information content (AvgIpc) is 2.81. The molecular weight excluding hydrogens is 226 g/mol. The Morgan fingerprint density at radius 1 is 1.53 bits per heavy atom. The number of amidine groups is 1. The number of rotatable bonds is 8. The number of nitrogens with zero attached hydrogens (tertiary/aromatic N) is 4. The van der Waals surface area contributed by atoms with Crippen LogP contribution >= 0.6 is 0 Å². The lowest BCUT2D eigenvalue weighted by Crippen LogP contribution is -2.16. The third kappa shape index (κ3) is 4.79. The Morgan fingerprint density at radius 2 is 2.35 bits per heavy atom. The van der Waals surface area contributed by atoms with Crippen LogP contribution in [-0.4, -0.2) is 52.7 Å². The van der Waals surface area contributed by atoms with Crippen molar-refractivity contribution in [1.82, 2.24) is 14.8 Å². The minimum absolute atomic E-state index is 0.107. The highest BCUT2D eigenvalue weighted by Crippen LogP contribution is 1.91. The third-order valence-electron chi connectivity index (χ3n) is 1.98. The summed E-state index contributed by atoms with van der Waals surface area (Å²) in [6.45, 7) is 2.44. The molecule has 0 bridgehead atoms. The monoisotopic (exact) mass is 243 g/mol. The fraction of sp³-hybridized carbons (Fsp3) is 0.667. The van der Waals surface area contributed by atoms with Gasteiger partial charge in [-0.25, -0.2) is 9.67 Å². The SMILES string of the molecule is COCCCOCCn1cnc(C(N)=NO)n1. The molecule has 0 saturated carbocycles. The molecule has 0 atom stereocenters. The van der Waals surface area contributed by atoms with Gasteiger partial charge in [0.25, 0.3) is 0 Å². The summed E-state index contributed by atoms with van der Waals surface area (Å²) in [5.74, 6) is 0.0941. The molecule has 17 heavy (non-hydrogen) atoms. The molecule has 8 nitrogen and oxygen atoms in total. The zero-order valence-corrected chi connectivity index (χ0v) is 9.74. The van der Waals surface area contributed by atoms with Gasteiger partial charge in [0, 0.05) is 20.3 Å². The standard InChI is InChI=1S/C9H17N5O3/c1-16-4-2-5-17-6-3-14-7-11-9(12-14)8(10)13-15/h7,15H,2-6H2,1H3,(H2,10,13). The quantitative estimate of drug-likeness (QED) is 0.208. The normalized spacial score (nSPS) is 11.9. The van der Waals surface area contributed by atoms with Crippen LogP contribution in [0, 0.1) is 0 Å². The Bertz CT molecular complexity index is 352. The van der Waals surface area contributed by atoms with Crippen molar-refractivity contribution in [1.29, 1.82) is 0 Å². The lowest BCUT2D eigenvalue weighted by atomic mass is 10.5. The van der Waals surface area contributed by atoms with Crippen LogP contribution in [0.2, 0.25) is 0 Å². The number of hydrogen-bond acceptors (Lipinski definition) is 6. The first-order valence-electron chi connectivity index (χ1n) is 5.22. The Labute approximate surface area is 99.0 Å². The molecule has 0 amide bonds. The number of hydrogen-bond donors (Lipinski definition) is 2. The van der Waals surface area contributed by atoms with Crippen molar-refractivity contribution >= 4 is 5.84 Å². The number of oxime groups is 1. The first kappa shape index (κ1) is 13.4. The summed E-state index contributed by atoms with van der Waals surface area (Å²) in [6, 6.07) is 0. The molecule has 0 aliphatic heterocycles. The molecule has 1 aromatic heterocycles. The number of ether oxygens (including phenoxy) is 2. The Kier molecular flexibility index (Phi) is 5.97. The van der Waals surface area contributed by atoms with Crippen LogP contribution in [0.3, 0.4) is 0 Å². The summed E-state index contributed by atoms with van der Waals surface area (Å²) in [5.41, 5.74) is 5.33. The molecule has 96 valence electrons. The van der Waals surface area contributed by atoms with Crippen LogP contribution in [0.5, 0.6) is 0 Å². The van der Waals surface area contributed by atoms with Crippen LogP contribution in [0.15, 0.2) is 11.5 Å². The minimum Gasteiger partial charge on any atom is -0.409 e. The van der Waals surface area contributed by atoms with E-state index in [0.717, 1.165) is 6.42 Å². The fourth-order valence-corrected chi connectivity index (χ4v) is 1.13. The molecule has 0 aromatic carbocycles. The topological polar surface area (TPSA) is 108 Å². The molecule has 0 unspecified atom stereocenters. The summed E-state index contributed by atoms with van der Waals surface area (Å²) in [6.07, 6.45) is 2.37. The molecular formula is C9H17N5O3. The molecule has 3 N–H and O–H groups in total. The minimum atomic E-state index is -0.107. The predicted molar refractivity (Wildman–Crippen MR) is 59.8 cm³/mol. The van der Waals surface area contributed by atoms with Crippen molar-refractivity contribution in [3.63, 3.8) is 0 Å². The summed E-state index contributed by atoms with van der Waals surface area (Å²) < 4.78 is 11.8. The Morgan fingerprint density at radius 3 is 3.06 bits per heavy atom. The van der Waals surface area contributed by atoms with Gasteiger partial charge < -0.3 is 20.4 Å². The first-order chi connectivity index (χ1) is 8.27. The summed E-state index contributed by atoms with van der Waals surface area (Å²) >= 11 is 0. The van der Waals surface area contributed by atoms with Crippen LogP contribution in [0.25, 0.3) is 0 Å². The van der Waals surface area contributed by atoms with Crippen molar-refractivity contribution in [3.05, 3.63) is 12.2 Å². The maximum Gasteiger partial charge on any atom is 0.219 e. The predicted octanol–water partition coefficient (Wildman–Crippen LogP) is -0.574. The van der Waals surface area contributed by atoms with Crippen molar-refractivity contribution in [3.8, 4) is 0 Å². The zero-order valence-electron chi connectivity index (χ0n) is 9.74. The van der Waals surface area contributed by atoms with E-state index in [9.17, 15) is 0 Å². The largest absolute Gasteiger partial charge is 0.409 e. The van der Waals surface area contributed by atoms with Crippen molar-refractivity contribution in [2.75, 3.05) is 26.9 Å². The molecule has 0 radical (unpaired) electrons. The second kappa shape index (κ2) is 7.58. The fourth-order valence-electron chi connectivity index (χ4n) is 1.13. The Hall–Kier alpha value is -1.67. The van der Waals surface area contributed by atoms with Crippen molar-refractivity contribution in [2.24, 2.45) is 10.9 Å². The molecule has 1 aromatic rings. The second-order valence-electron chi connectivity index (χ2n) is 3.28. The van der Waals surface area contributed by atoms with E-state index in [-0.39, 0.29) is 11.7 Å². The van der Waals surface area contributed by atoms with Crippen LogP contribution in [-0.2, 0) is 16.0 Å². The van der Waals surface area contributed by atoms with E-state index in [4.69, 9.17) is 20.4 Å². The molecule has 1 rings (SSSR count). The third-order valence-corrected chi connectivity index (χ3v) is 1.98. The van der Waals surface area contributed by atoms with E-state index in [1.165, 1.54) is 6.33 Å². The summed E-state index contributed by atoms with van der Waals surface area (Å²) in [4.78, 5) is 3.88. The van der Waals surface area contributed by atoms with E-state index >= 15 is 0 Å². The number of methoxy groups -OCH3 is 1. The zero-order chi connectivity index (χ0) is 12.5. The lowest BCUT2D eigenvalue weighted by Gasteiger charge is -2.03. The van der Waals surface area contributed by atoms with Gasteiger partial charge in [0.05, 0.1) is 13.2 Å². The molecule has 0 saturated heterocycles. The molecule has 0 spiro atoms. The smallest absolute Gasteiger partial charge is 0.219 e. The van der Waals surface area contributed by atoms with Crippen molar-refractivity contribution < 1.29 is 14.7 Å². The lowest BCUT2D eigenvalue weighted by molar-refractivity contribution is 0.0960.